The van der Waals surface area contributed by atoms with E-state index in [0.717, 1.165) is 5.56 Å². The first kappa shape index (κ1) is 13.6. The highest BCUT2D eigenvalue weighted by Gasteiger charge is 2.17. The molecule has 0 aliphatic carbocycles. The van der Waals surface area contributed by atoms with Crippen molar-refractivity contribution in [3.63, 3.8) is 0 Å². The van der Waals surface area contributed by atoms with Crippen molar-refractivity contribution in [2.45, 2.75) is 13.3 Å². The van der Waals surface area contributed by atoms with E-state index in [0.29, 0.717) is 30.0 Å². The number of rotatable bonds is 6. The molecule has 2 N–H and O–H groups in total. The average molecular weight is 236 g/mol. The average Bonchev–Trinajstić information content (AvgIpc) is 2.29. The topological polar surface area (TPSA) is 58.9 Å². The molecule has 0 aliphatic heterocycles. The van der Waals surface area contributed by atoms with Gasteiger partial charge in [0.05, 0.1) is 19.5 Å². The van der Waals surface area contributed by atoms with Gasteiger partial charge in [-0.1, -0.05) is 18.7 Å². The molecule has 0 radical (unpaired) electrons. The normalized spacial score (nSPS) is 9.88. The van der Waals surface area contributed by atoms with Crippen LogP contribution in [0.3, 0.4) is 0 Å². The van der Waals surface area contributed by atoms with Crippen molar-refractivity contribution in [2.24, 2.45) is 0 Å². The first-order valence-electron chi connectivity index (χ1n) is 5.42. The Balaban J connectivity index is 2.88. The fourth-order valence-corrected chi connectivity index (χ4v) is 1.58. The molecule has 1 aromatic carbocycles. The molecular weight excluding hydrogens is 219 g/mol. The first-order chi connectivity index (χ1) is 8.08. The van der Waals surface area contributed by atoms with Crippen LogP contribution in [-0.2, 0) is 11.2 Å². The van der Waals surface area contributed by atoms with Crippen LogP contribution in [0, 0.1) is 0 Å². The molecule has 0 unspecified atom stereocenters. The van der Waals surface area contributed by atoms with Crippen LogP contribution in [0.4, 0.5) is 0 Å². The van der Waals surface area contributed by atoms with Crippen molar-refractivity contribution in [2.75, 3.05) is 13.7 Å². The van der Waals surface area contributed by atoms with Crippen molar-refractivity contribution >= 4 is 12.6 Å². The Morgan fingerprint density at radius 1 is 1.41 bits per heavy atom. The smallest absolute Gasteiger partial charge is 0.492 e. The molecule has 5 heteroatoms. The third-order valence-electron chi connectivity index (χ3n) is 2.32. The van der Waals surface area contributed by atoms with E-state index in [4.69, 9.17) is 9.47 Å². The van der Waals surface area contributed by atoms with Crippen molar-refractivity contribution in [3.8, 4) is 5.75 Å². The highest BCUT2D eigenvalue weighted by atomic mass is 16.5. The molecule has 0 spiro atoms. The molecule has 92 valence electrons. The lowest BCUT2D eigenvalue weighted by molar-refractivity contribution is 0.225. The van der Waals surface area contributed by atoms with Gasteiger partial charge in [0, 0.05) is 11.9 Å². The van der Waals surface area contributed by atoms with Crippen molar-refractivity contribution in [3.05, 3.63) is 36.1 Å². The van der Waals surface area contributed by atoms with E-state index in [1.807, 2.05) is 13.0 Å². The predicted molar refractivity (Wildman–Crippen MR) is 67.3 cm³/mol. The van der Waals surface area contributed by atoms with Crippen LogP contribution in [-0.4, -0.2) is 30.9 Å². The predicted octanol–water partition coefficient (Wildman–Crippen LogP) is 0.468. The van der Waals surface area contributed by atoms with Gasteiger partial charge in [-0.15, -0.1) is 0 Å². The summed E-state index contributed by atoms with van der Waals surface area (Å²) in [6, 6.07) is 5.21. The Hall–Kier alpha value is -1.46. The summed E-state index contributed by atoms with van der Waals surface area (Å²) in [6.07, 6.45) is 0.539. The molecule has 0 bridgehead atoms. The second kappa shape index (κ2) is 6.32. The molecule has 0 saturated carbocycles. The number of hydrogen-bond donors (Lipinski definition) is 2. The Morgan fingerprint density at radius 2 is 2.12 bits per heavy atom. The van der Waals surface area contributed by atoms with E-state index in [1.54, 1.807) is 12.1 Å². The third kappa shape index (κ3) is 3.80. The van der Waals surface area contributed by atoms with Gasteiger partial charge in [0.2, 0.25) is 0 Å². The molecule has 0 saturated heterocycles. The van der Waals surface area contributed by atoms with Crippen LogP contribution in [0.1, 0.15) is 12.5 Å². The van der Waals surface area contributed by atoms with Crippen LogP contribution >= 0.6 is 0 Å². The zero-order valence-electron chi connectivity index (χ0n) is 10.1. The van der Waals surface area contributed by atoms with Gasteiger partial charge in [-0.2, -0.15) is 0 Å². The molecule has 0 fully saturated rings. The van der Waals surface area contributed by atoms with Crippen molar-refractivity contribution in [1.82, 2.24) is 0 Å². The minimum Gasteiger partial charge on any atom is -0.498 e. The maximum Gasteiger partial charge on any atom is 0.492 e. The number of ether oxygens (including phenoxy) is 2. The highest BCUT2D eigenvalue weighted by molar-refractivity contribution is 6.59. The minimum atomic E-state index is -1.55. The summed E-state index contributed by atoms with van der Waals surface area (Å²) in [5.74, 6) is 1.10. The lowest BCUT2D eigenvalue weighted by Gasteiger charge is -2.11. The lowest BCUT2D eigenvalue weighted by atomic mass is 9.78. The summed E-state index contributed by atoms with van der Waals surface area (Å²) in [5.41, 5.74) is 1.24. The van der Waals surface area contributed by atoms with Crippen LogP contribution < -0.4 is 10.2 Å². The maximum absolute atomic E-state index is 9.22. The van der Waals surface area contributed by atoms with Gasteiger partial charge in [0.25, 0.3) is 0 Å². The number of benzene rings is 1. The van der Waals surface area contributed by atoms with E-state index in [-0.39, 0.29) is 0 Å². The summed E-state index contributed by atoms with van der Waals surface area (Å²) in [5, 5.41) is 18.4. The maximum atomic E-state index is 9.22. The molecule has 1 aromatic rings. The Bertz CT molecular complexity index is 390. The fourth-order valence-electron chi connectivity index (χ4n) is 1.58. The summed E-state index contributed by atoms with van der Waals surface area (Å²) in [7, 11) is -0.0646. The van der Waals surface area contributed by atoms with Gasteiger partial charge < -0.3 is 19.5 Å². The quantitative estimate of drug-likeness (QED) is 0.556. The summed E-state index contributed by atoms with van der Waals surface area (Å²) in [4.78, 5) is 0. The molecule has 0 atom stereocenters. The zero-order chi connectivity index (χ0) is 12.8. The molecular formula is C12H17BO4. The van der Waals surface area contributed by atoms with Gasteiger partial charge in [-0.05, 0) is 18.6 Å². The van der Waals surface area contributed by atoms with Gasteiger partial charge in [-0.3, -0.25) is 0 Å². The van der Waals surface area contributed by atoms with Crippen molar-refractivity contribution < 1.29 is 19.5 Å². The molecule has 4 nitrogen and oxygen atoms in total. The van der Waals surface area contributed by atoms with Gasteiger partial charge in [0.1, 0.15) is 5.75 Å². The zero-order valence-corrected chi connectivity index (χ0v) is 10.1. The second-order valence-corrected chi connectivity index (χ2v) is 3.60. The van der Waals surface area contributed by atoms with E-state index in [1.165, 1.54) is 7.11 Å². The van der Waals surface area contributed by atoms with E-state index in [2.05, 4.69) is 6.58 Å². The Morgan fingerprint density at radius 3 is 2.65 bits per heavy atom. The monoisotopic (exact) mass is 236 g/mol. The summed E-state index contributed by atoms with van der Waals surface area (Å²) in [6.45, 7) is 6.24. The van der Waals surface area contributed by atoms with E-state index < -0.39 is 7.12 Å². The van der Waals surface area contributed by atoms with Gasteiger partial charge in [0.15, 0.2) is 0 Å². The minimum absolute atomic E-state index is 0.342. The highest BCUT2D eigenvalue weighted by Crippen LogP contribution is 2.13. The second-order valence-electron chi connectivity index (χ2n) is 3.60. The Kier molecular flexibility index (Phi) is 5.06. The van der Waals surface area contributed by atoms with E-state index in [9.17, 15) is 10.0 Å². The number of allylic oxidation sites excluding steroid dienone is 1. The van der Waals surface area contributed by atoms with Crippen molar-refractivity contribution in [1.29, 1.82) is 0 Å². The van der Waals surface area contributed by atoms with Gasteiger partial charge in [-0.25, -0.2) is 0 Å². The molecule has 0 amide bonds. The summed E-state index contributed by atoms with van der Waals surface area (Å²) < 4.78 is 10.3. The Labute approximate surface area is 102 Å². The third-order valence-corrected chi connectivity index (χ3v) is 2.32. The largest absolute Gasteiger partial charge is 0.498 e. The van der Waals surface area contributed by atoms with Crippen LogP contribution in [0.5, 0.6) is 5.75 Å². The molecule has 0 aromatic heterocycles. The lowest BCUT2D eigenvalue weighted by Crippen LogP contribution is -2.31. The molecule has 1 rings (SSSR count). The number of methoxy groups -OCH3 is 1. The standard InChI is InChI=1S/C12H17BO4/c1-4-17-9(2)7-10-5-6-12(16-3)11(8-10)13(14)15/h5-6,8,14-15H,2,4,7H2,1,3H3. The molecule has 0 heterocycles. The van der Waals surface area contributed by atoms with E-state index >= 15 is 0 Å². The molecule has 0 aliphatic rings. The van der Waals surface area contributed by atoms with Crippen LogP contribution in [0.2, 0.25) is 0 Å². The summed E-state index contributed by atoms with van der Waals surface area (Å²) >= 11 is 0. The van der Waals surface area contributed by atoms with Crippen LogP contribution in [0.25, 0.3) is 0 Å². The molecule has 17 heavy (non-hydrogen) atoms. The fraction of sp³-hybridized carbons (Fsp3) is 0.333. The van der Waals surface area contributed by atoms with Gasteiger partial charge >= 0.3 is 7.12 Å². The first-order valence-corrected chi connectivity index (χ1v) is 5.42. The number of hydrogen-bond acceptors (Lipinski definition) is 4. The van der Waals surface area contributed by atoms with Crippen LogP contribution in [0.15, 0.2) is 30.5 Å². The SMILES string of the molecule is C=C(Cc1ccc(OC)c(B(O)O)c1)OCC.